The Morgan fingerprint density at radius 1 is 1.46 bits per heavy atom. The number of rotatable bonds is 2. The SMILES string of the molecule is O=C(O)c1c(O)c(O)cn1C1CC1. The summed E-state index contributed by atoms with van der Waals surface area (Å²) in [5, 5.41) is 27.1. The maximum atomic E-state index is 10.7. The predicted octanol–water partition coefficient (Wildman–Crippen LogP) is 0.932. The van der Waals surface area contributed by atoms with E-state index in [0.29, 0.717) is 0 Å². The molecular formula is C8H9NO4. The van der Waals surface area contributed by atoms with Crippen molar-refractivity contribution in [2.75, 3.05) is 0 Å². The maximum absolute atomic E-state index is 10.7. The number of carbonyl (C=O) groups is 1. The molecule has 0 spiro atoms. The third-order valence-electron chi connectivity index (χ3n) is 2.13. The van der Waals surface area contributed by atoms with Gasteiger partial charge in [0.25, 0.3) is 0 Å². The van der Waals surface area contributed by atoms with Crippen LogP contribution in [0, 0.1) is 0 Å². The van der Waals surface area contributed by atoms with Crippen molar-refractivity contribution in [2.45, 2.75) is 18.9 Å². The third kappa shape index (κ3) is 1.12. The zero-order chi connectivity index (χ0) is 9.59. The Bertz CT molecular complexity index is 364. The first-order valence-electron chi connectivity index (χ1n) is 3.97. The highest BCUT2D eigenvalue weighted by Gasteiger charge is 2.31. The molecule has 1 heterocycles. The van der Waals surface area contributed by atoms with Gasteiger partial charge in [-0.1, -0.05) is 0 Å². The van der Waals surface area contributed by atoms with Crippen molar-refractivity contribution in [1.82, 2.24) is 4.57 Å². The molecule has 1 aromatic heterocycles. The van der Waals surface area contributed by atoms with Crippen LogP contribution in [0.3, 0.4) is 0 Å². The first-order chi connectivity index (χ1) is 6.11. The van der Waals surface area contributed by atoms with Gasteiger partial charge in [-0.15, -0.1) is 0 Å². The average Bonchev–Trinajstić information content (AvgIpc) is 2.80. The maximum Gasteiger partial charge on any atom is 0.356 e. The van der Waals surface area contributed by atoms with Crippen LogP contribution in [0.1, 0.15) is 29.4 Å². The minimum atomic E-state index is -1.22. The Morgan fingerprint density at radius 3 is 2.54 bits per heavy atom. The third-order valence-corrected chi connectivity index (χ3v) is 2.13. The van der Waals surface area contributed by atoms with E-state index in [2.05, 4.69) is 0 Å². The first kappa shape index (κ1) is 7.97. The van der Waals surface area contributed by atoms with E-state index in [-0.39, 0.29) is 17.5 Å². The number of aromatic nitrogens is 1. The van der Waals surface area contributed by atoms with Crippen molar-refractivity contribution in [1.29, 1.82) is 0 Å². The second-order valence-corrected chi connectivity index (χ2v) is 3.16. The largest absolute Gasteiger partial charge is 0.503 e. The summed E-state index contributed by atoms with van der Waals surface area (Å²) in [7, 11) is 0. The summed E-state index contributed by atoms with van der Waals surface area (Å²) in [5.41, 5.74) is -0.222. The molecule has 1 fully saturated rings. The lowest BCUT2D eigenvalue weighted by molar-refractivity contribution is 0.0681. The number of carboxylic acids is 1. The van der Waals surface area contributed by atoms with Crippen LogP contribution >= 0.6 is 0 Å². The molecule has 1 aliphatic rings. The topological polar surface area (TPSA) is 82.7 Å². The van der Waals surface area contributed by atoms with Crippen LogP contribution in [0.4, 0.5) is 0 Å². The van der Waals surface area contributed by atoms with Gasteiger partial charge in [0.15, 0.2) is 17.2 Å². The van der Waals surface area contributed by atoms with Gasteiger partial charge < -0.3 is 19.9 Å². The molecule has 1 aromatic rings. The lowest BCUT2D eigenvalue weighted by atomic mass is 10.4. The molecule has 0 aromatic carbocycles. The fourth-order valence-corrected chi connectivity index (χ4v) is 1.35. The summed E-state index contributed by atoms with van der Waals surface area (Å²) in [6.45, 7) is 0. The van der Waals surface area contributed by atoms with E-state index in [0.717, 1.165) is 12.8 Å². The smallest absolute Gasteiger partial charge is 0.356 e. The molecule has 1 saturated carbocycles. The van der Waals surface area contributed by atoms with Crippen molar-refractivity contribution >= 4 is 5.97 Å². The lowest BCUT2D eigenvalue weighted by Gasteiger charge is -2.01. The summed E-state index contributed by atoms with van der Waals surface area (Å²) in [6, 6.07) is 0.123. The molecule has 0 unspecified atom stereocenters. The highest BCUT2D eigenvalue weighted by molar-refractivity contribution is 5.90. The Balaban J connectivity index is 2.54. The van der Waals surface area contributed by atoms with Crippen LogP contribution in [0.15, 0.2) is 6.20 Å². The minimum absolute atomic E-state index is 0.123. The molecular weight excluding hydrogens is 174 g/mol. The standard InChI is InChI=1S/C8H9NO4/c10-5-3-9(4-1-2-4)6(7(5)11)8(12)13/h3-4,10-11H,1-2H2,(H,12,13). The number of hydrogen-bond donors (Lipinski definition) is 3. The van der Waals surface area contributed by atoms with E-state index < -0.39 is 11.7 Å². The number of carboxylic acid groups (broad SMARTS) is 1. The Hall–Kier alpha value is -1.65. The highest BCUT2D eigenvalue weighted by atomic mass is 16.4. The first-order valence-corrected chi connectivity index (χ1v) is 3.97. The van der Waals surface area contributed by atoms with Crippen LogP contribution in [0.2, 0.25) is 0 Å². The molecule has 0 amide bonds. The van der Waals surface area contributed by atoms with Gasteiger partial charge in [0.1, 0.15) is 0 Å². The number of hydrogen-bond acceptors (Lipinski definition) is 3. The van der Waals surface area contributed by atoms with E-state index >= 15 is 0 Å². The fourth-order valence-electron chi connectivity index (χ4n) is 1.35. The molecule has 1 aliphatic carbocycles. The van der Waals surface area contributed by atoms with E-state index in [4.69, 9.17) is 10.2 Å². The Morgan fingerprint density at radius 2 is 2.08 bits per heavy atom. The monoisotopic (exact) mass is 183 g/mol. The number of aromatic hydroxyl groups is 2. The van der Waals surface area contributed by atoms with Crippen LogP contribution in [0.25, 0.3) is 0 Å². The summed E-state index contributed by atoms with van der Waals surface area (Å²) in [6.07, 6.45) is 3.05. The number of aromatic carboxylic acids is 1. The summed E-state index contributed by atoms with van der Waals surface area (Å²) >= 11 is 0. The number of nitrogens with zero attached hydrogens (tertiary/aromatic N) is 1. The van der Waals surface area contributed by atoms with E-state index in [1.165, 1.54) is 10.8 Å². The van der Waals surface area contributed by atoms with Gasteiger partial charge in [-0.25, -0.2) is 4.79 Å². The molecule has 3 N–H and O–H groups in total. The van der Waals surface area contributed by atoms with Gasteiger partial charge in [0.2, 0.25) is 0 Å². The zero-order valence-electron chi connectivity index (χ0n) is 6.77. The van der Waals surface area contributed by atoms with Gasteiger partial charge in [-0.05, 0) is 12.8 Å². The van der Waals surface area contributed by atoms with Gasteiger partial charge in [0.05, 0.1) is 6.20 Å². The molecule has 5 nitrogen and oxygen atoms in total. The average molecular weight is 183 g/mol. The van der Waals surface area contributed by atoms with E-state index in [1.54, 1.807) is 0 Å². The second kappa shape index (κ2) is 2.42. The molecule has 70 valence electrons. The van der Waals surface area contributed by atoms with Gasteiger partial charge >= 0.3 is 5.97 Å². The van der Waals surface area contributed by atoms with Crippen molar-refractivity contribution in [2.24, 2.45) is 0 Å². The van der Waals surface area contributed by atoms with Crippen molar-refractivity contribution in [3.05, 3.63) is 11.9 Å². The van der Waals surface area contributed by atoms with Crippen LogP contribution in [0.5, 0.6) is 11.5 Å². The molecule has 2 rings (SSSR count). The minimum Gasteiger partial charge on any atom is -0.503 e. The molecule has 5 heteroatoms. The van der Waals surface area contributed by atoms with Crippen LogP contribution in [-0.2, 0) is 0 Å². The van der Waals surface area contributed by atoms with Crippen molar-refractivity contribution < 1.29 is 20.1 Å². The molecule has 0 saturated heterocycles. The molecule has 0 aliphatic heterocycles. The van der Waals surface area contributed by atoms with Gasteiger partial charge in [-0.3, -0.25) is 0 Å². The second-order valence-electron chi connectivity index (χ2n) is 3.16. The van der Waals surface area contributed by atoms with Crippen LogP contribution < -0.4 is 0 Å². The van der Waals surface area contributed by atoms with Crippen molar-refractivity contribution in [3.8, 4) is 11.5 Å². The predicted molar refractivity (Wildman–Crippen MR) is 43.0 cm³/mol. The highest BCUT2D eigenvalue weighted by Crippen LogP contribution is 2.42. The Kier molecular flexibility index (Phi) is 1.48. The fraction of sp³-hybridized carbons (Fsp3) is 0.375. The molecule has 13 heavy (non-hydrogen) atoms. The molecule has 0 atom stereocenters. The van der Waals surface area contributed by atoms with Crippen LogP contribution in [-0.4, -0.2) is 25.9 Å². The summed E-state index contributed by atoms with van der Waals surface area (Å²) < 4.78 is 1.41. The van der Waals surface area contributed by atoms with E-state index in [1.807, 2.05) is 0 Å². The zero-order valence-corrected chi connectivity index (χ0v) is 6.77. The van der Waals surface area contributed by atoms with Crippen molar-refractivity contribution in [3.63, 3.8) is 0 Å². The quantitative estimate of drug-likeness (QED) is 0.637. The Labute approximate surface area is 73.8 Å². The van der Waals surface area contributed by atoms with Gasteiger partial charge in [0, 0.05) is 6.04 Å². The molecule has 0 radical (unpaired) electrons. The summed E-state index contributed by atoms with van der Waals surface area (Å²) in [4.78, 5) is 10.7. The van der Waals surface area contributed by atoms with E-state index in [9.17, 15) is 9.90 Å². The lowest BCUT2D eigenvalue weighted by Crippen LogP contribution is -2.06. The molecule has 0 bridgehead atoms. The summed E-state index contributed by atoms with van der Waals surface area (Å²) in [5.74, 6) is -2.13. The normalized spacial score (nSPS) is 16.0. The van der Waals surface area contributed by atoms with Gasteiger partial charge in [-0.2, -0.15) is 0 Å².